The number of likely N-dealkylation sites (N-methyl/N-ethyl adjacent to an activating group) is 1. The van der Waals surface area contributed by atoms with Crippen LogP contribution in [0.2, 0.25) is 0 Å². The van der Waals surface area contributed by atoms with Gasteiger partial charge in [0.15, 0.2) is 0 Å². The molecule has 0 amide bonds. The highest BCUT2D eigenvalue weighted by Gasteiger charge is 2.43. The van der Waals surface area contributed by atoms with E-state index >= 15 is 0 Å². The standard InChI is InChI=1S/C12H18BrNOS/c1-14-10(12(15-2)6-3-7-12)8-9-4-5-11(13)16-9/h4-5,10,14H,3,6-8H2,1-2H3. The summed E-state index contributed by atoms with van der Waals surface area (Å²) in [6.45, 7) is 0. The Kier molecular flexibility index (Phi) is 4.06. The van der Waals surface area contributed by atoms with Crippen molar-refractivity contribution in [2.24, 2.45) is 0 Å². The number of ether oxygens (including phenoxy) is 1. The summed E-state index contributed by atoms with van der Waals surface area (Å²) in [7, 11) is 3.88. The molecule has 1 unspecified atom stereocenters. The minimum atomic E-state index is 0.0746. The summed E-state index contributed by atoms with van der Waals surface area (Å²) in [5.41, 5.74) is 0.0746. The zero-order valence-electron chi connectivity index (χ0n) is 9.75. The average molecular weight is 304 g/mol. The minimum absolute atomic E-state index is 0.0746. The van der Waals surface area contributed by atoms with Gasteiger partial charge in [-0.25, -0.2) is 0 Å². The van der Waals surface area contributed by atoms with E-state index in [4.69, 9.17) is 4.74 Å². The lowest BCUT2D eigenvalue weighted by molar-refractivity contribution is -0.0965. The molecule has 1 fully saturated rings. The second-order valence-corrected chi connectivity index (χ2v) is 6.92. The van der Waals surface area contributed by atoms with Crippen LogP contribution >= 0.6 is 27.3 Å². The number of rotatable bonds is 5. The number of nitrogens with one attached hydrogen (secondary N) is 1. The lowest BCUT2D eigenvalue weighted by atomic mass is 9.73. The lowest BCUT2D eigenvalue weighted by Gasteiger charge is -2.46. The zero-order chi connectivity index (χ0) is 11.6. The molecule has 1 N–H and O–H groups in total. The fraction of sp³-hybridized carbons (Fsp3) is 0.667. The maximum Gasteiger partial charge on any atom is 0.0834 e. The topological polar surface area (TPSA) is 21.3 Å². The summed E-state index contributed by atoms with van der Waals surface area (Å²) in [6.07, 6.45) is 4.71. The summed E-state index contributed by atoms with van der Waals surface area (Å²) in [5.74, 6) is 0. The van der Waals surface area contributed by atoms with Crippen LogP contribution in [0.5, 0.6) is 0 Å². The molecular formula is C12H18BrNOS. The molecule has 1 aliphatic carbocycles. The van der Waals surface area contributed by atoms with Gasteiger partial charge in [0.25, 0.3) is 0 Å². The number of methoxy groups -OCH3 is 1. The monoisotopic (exact) mass is 303 g/mol. The van der Waals surface area contributed by atoms with Crippen molar-refractivity contribution in [3.8, 4) is 0 Å². The van der Waals surface area contributed by atoms with Crippen molar-refractivity contribution in [3.05, 3.63) is 20.8 Å². The molecule has 0 spiro atoms. The van der Waals surface area contributed by atoms with Crippen LogP contribution in [0.25, 0.3) is 0 Å². The average Bonchev–Trinajstić information content (AvgIpc) is 2.61. The Morgan fingerprint density at radius 2 is 2.31 bits per heavy atom. The summed E-state index contributed by atoms with van der Waals surface area (Å²) in [6, 6.07) is 4.74. The molecule has 16 heavy (non-hydrogen) atoms. The van der Waals surface area contributed by atoms with Gasteiger partial charge in [0.1, 0.15) is 0 Å². The minimum Gasteiger partial charge on any atom is -0.377 e. The Balaban J connectivity index is 2.05. The molecule has 1 aromatic rings. The highest BCUT2D eigenvalue weighted by atomic mass is 79.9. The van der Waals surface area contributed by atoms with E-state index in [0.717, 1.165) is 6.42 Å². The van der Waals surface area contributed by atoms with E-state index in [1.165, 1.54) is 27.9 Å². The maximum atomic E-state index is 5.74. The van der Waals surface area contributed by atoms with Crippen molar-refractivity contribution in [2.75, 3.05) is 14.2 Å². The molecular weight excluding hydrogens is 286 g/mol. The fourth-order valence-corrected chi connectivity index (χ4v) is 3.96. The molecule has 1 aromatic heterocycles. The smallest absolute Gasteiger partial charge is 0.0834 e. The molecule has 0 radical (unpaired) electrons. The van der Waals surface area contributed by atoms with Gasteiger partial charge in [0.2, 0.25) is 0 Å². The van der Waals surface area contributed by atoms with Crippen LogP contribution in [0, 0.1) is 0 Å². The van der Waals surface area contributed by atoms with Crippen molar-refractivity contribution in [3.63, 3.8) is 0 Å². The van der Waals surface area contributed by atoms with Gasteiger partial charge in [-0.15, -0.1) is 11.3 Å². The Morgan fingerprint density at radius 1 is 1.56 bits per heavy atom. The van der Waals surface area contributed by atoms with Gasteiger partial charge in [-0.2, -0.15) is 0 Å². The normalized spacial score (nSPS) is 20.4. The molecule has 0 bridgehead atoms. The van der Waals surface area contributed by atoms with E-state index in [0.29, 0.717) is 6.04 Å². The molecule has 0 saturated heterocycles. The van der Waals surface area contributed by atoms with E-state index in [1.54, 1.807) is 0 Å². The first-order valence-corrected chi connectivity index (χ1v) is 7.28. The molecule has 90 valence electrons. The van der Waals surface area contributed by atoms with E-state index in [-0.39, 0.29) is 5.60 Å². The van der Waals surface area contributed by atoms with Crippen molar-refractivity contribution in [1.29, 1.82) is 0 Å². The van der Waals surface area contributed by atoms with Crippen molar-refractivity contribution in [1.82, 2.24) is 5.32 Å². The van der Waals surface area contributed by atoms with Crippen LogP contribution in [-0.4, -0.2) is 25.8 Å². The highest BCUT2D eigenvalue weighted by molar-refractivity contribution is 9.11. The molecule has 2 nitrogen and oxygen atoms in total. The summed E-state index contributed by atoms with van der Waals surface area (Å²) in [5, 5.41) is 3.42. The van der Waals surface area contributed by atoms with Crippen molar-refractivity contribution < 1.29 is 4.74 Å². The number of thiophene rings is 1. The van der Waals surface area contributed by atoms with Gasteiger partial charge in [-0.05, 0) is 60.8 Å². The number of hydrogen-bond acceptors (Lipinski definition) is 3. The first kappa shape index (κ1) is 12.6. The molecule has 1 aliphatic rings. The molecule has 0 aliphatic heterocycles. The third-order valence-electron chi connectivity index (χ3n) is 3.62. The van der Waals surface area contributed by atoms with E-state index in [2.05, 4.69) is 33.4 Å². The number of hydrogen-bond donors (Lipinski definition) is 1. The van der Waals surface area contributed by atoms with Gasteiger partial charge in [0.05, 0.1) is 9.39 Å². The van der Waals surface area contributed by atoms with Gasteiger partial charge in [-0.1, -0.05) is 0 Å². The lowest BCUT2D eigenvalue weighted by Crippen LogP contribution is -2.56. The Labute approximate surface area is 110 Å². The van der Waals surface area contributed by atoms with Crippen LogP contribution in [-0.2, 0) is 11.2 Å². The van der Waals surface area contributed by atoms with Crippen molar-refractivity contribution in [2.45, 2.75) is 37.3 Å². The largest absolute Gasteiger partial charge is 0.377 e. The van der Waals surface area contributed by atoms with E-state index in [9.17, 15) is 0 Å². The first-order chi connectivity index (χ1) is 7.70. The summed E-state index contributed by atoms with van der Waals surface area (Å²) < 4.78 is 6.94. The van der Waals surface area contributed by atoms with Crippen LogP contribution in [0.3, 0.4) is 0 Å². The predicted octanol–water partition coefficient (Wildman–Crippen LogP) is 3.21. The van der Waals surface area contributed by atoms with Crippen LogP contribution in [0.15, 0.2) is 15.9 Å². The molecule has 4 heteroatoms. The van der Waals surface area contributed by atoms with E-state index in [1.807, 2.05) is 25.5 Å². The first-order valence-electron chi connectivity index (χ1n) is 5.67. The van der Waals surface area contributed by atoms with Gasteiger partial charge in [-0.3, -0.25) is 0 Å². The second-order valence-electron chi connectivity index (χ2n) is 4.37. The fourth-order valence-electron chi connectivity index (χ4n) is 2.43. The SMILES string of the molecule is CNC(Cc1ccc(Br)s1)C1(OC)CCC1. The number of halogens is 1. The highest BCUT2D eigenvalue weighted by Crippen LogP contribution is 2.39. The van der Waals surface area contributed by atoms with Crippen LogP contribution < -0.4 is 5.32 Å². The van der Waals surface area contributed by atoms with Crippen molar-refractivity contribution >= 4 is 27.3 Å². The Hall–Kier alpha value is 0.1000. The second kappa shape index (κ2) is 5.17. The molecule has 2 rings (SSSR count). The van der Waals surface area contributed by atoms with Crippen LogP contribution in [0.1, 0.15) is 24.1 Å². The Bertz CT molecular complexity index is 343. The zero-order valence-corrected chi connectivity index (χ0v) is 12.2. The van der Waals surface area contributed by atoms with Crippen LogP contribution in [0.4, 0.5) is 0 Å². The molecule has 1 saturated carbocycles. The summed E-state index contributed by atoms with van der Waals surface area (Å²) >= 11 is 5.32. The third-order valence-corrected chi connectivity index (χ3v) is 5.27. The Morgan fingerprint density at radius 3 is 2.69 bits per heavy atom. The van der Waals surface area contributed by atoms with Gasteiger partial charge < -0.3 is 10.1 Å². The summed E-state index contributed by atoms with van der Waals surface area (Å²) in [4.78, 5) is 1.41. The predicted molar refractivity (Wildman–Crippen MR) is 72.2 cm³/mol. The third kappa shape index (κ3) is 2.35. The van der Waals surface area contributed by atoms with Gasteiger partial charge in [0, 0.05) is 18.0 Å². The quantitative estimate of drug-likeness (QED) is 0.902. The molecule has 0 aromatic carbocycles. The molecule has 1 atom stereocenters. The molecule has 1 heterocycles. The van der Waals surface area contributed by atoms with E-state index < -0.39 is 0 Å². The van der Waals surface area contributed by atoms with Gasteiger partial charge >= 0.3 is 0 Å². The maximum absolute atomic E-state index is 5.74.